The maximum absolute atomic E-state index is 12.6. The number of piperidine rings is 1. The fourth-order valence-corrected chi connectivity index (χ4v) is 4.13. The van der Waals surface area contributed by atoms with Crippen molar-refractivity contribution in [1.82, 2.24) is 4.90 Å². The number of carbonyl (C=O) groups is 1. The lowest BCUT2D eigenvalue weighted by Crippen LogP contribution is -2.40. The van der Waals surface area contributed by atoms with Crippen LogP contribution in [0.4, 0.5) is 5.69 Å². The predicted molar refractivity (Wildman–Crippen MR) is 101 cm³/mol. The molecule has 0 spiro atoms. The lowest BCUT2D eigenvalue weighted by atomic mass is 9.96. The first kappa shape index (κ1) is 18.4. The van der Waals surface area contributed by atoms with Crippen LogP contribution in [0.2, 0.25) is 0 Å². The van der Waals surface area contributed by atoms with E-state index in [1.807, 2.05) is 4.90 Å². The van der Waals surface area contributed by atoms with E-state index in [4.69, 9.17) is 5.73 Å². The molecule has 0 atom stereocenters. The molecule has 6 nitrogen and oxygen atoms in total. The topological polar surface area (TPSA) is 92.5 Å². The molecule has 26 heavy (non-hydrogen) atoms. The van der Waals surface area contributed by atoms with Gasteiger partial charge in [-0.3, -0.25) is 9.52 Å². The molecule has 0 radical (unpaired) electrons. The molecule has 138 valence electrons. The number of carbonyl (C=O) groups excluding carboxylic acids is 1. The summed E-state index contributed by atoms with van der Waals surface area (Å²) in [6, 6.07) is 14.7. The van der Waals surface area contributed by atoms with Gasteiger partial charge in [-0.2, -0.15) is 0 Å². The lowest BCUT2D eigenvalue weighted by molar-refractivity contribution is 0.0693. The number of nitrogens with zero attached hydrogens (tertiary/aromatic N) is 1. The summed E-state index contributed by atoms with van der Waals surface area (Å²) in [6.07, 6.45) is 1.86. The van der Waals surface area contributed by atoms with Crippen LogP contribution in [-0.4, -0.2) is 38.9 Å². The van der Waals surface area contributed by atoms with Crippen LogP contribution < -0.4 is 10.5 Å². The van der Waals surface area contributed by atoms with Crippen LogP contribution in [-0.2, 0) is 10.0 Å². The number of hydrogen-bond acceptors (Lipinski definition) is 4. The van der Waals surface area contributed by atoms with Crippen LogP contribution in [0.3, 0.4) is 0 Å². The summed E-state index contributed by atoms with van der Waals surface area (Å²) in [4.78, 5) is 14.6. The second-order valence-corrected chi connectivity index (χ2v) is 8.15. The fourth-order valence-electron chi connectivity index (χ4n) is 3.05. The van der Waals surface area contributed by atoms with Gasteiger partial charge in [-0.05, 0) is 61.7 Å². The minimum atomic E-state index is -3.63. The summed E-state index contributed by atoms with van der Waals surface area (Å²) in [5.41, 5.74) is 6.66. The summed E-state index contributed by atoms with van der Waals surface area (Å²) in [5, 5.41) is 0. The summed E-state index contributed by atoms with van der Waals surface area (Å²) >= 11 is 0. The van der Waals surface area contributed by atoms with E-state index in [0.29, 0.717) is 36.8 Å². The Hall–Kier alpha value is -2.38. The van der Waals surface area contributed by atoms with E-state index >= 15 is 0 Å². The lowest BCUT2D eigenvalue weighted by Gasteiger charge is -2.31. The summed E-state index contributed by atoms with van der Waals surface area (Å²) in [5.74, 6) is 0.465. The van der Waals surface area contributed by atoms with Gasteiger partial charge in [0, 0.05) is 24.3 Å². The average molecular weight is 373 g/mol. The average Bonchev–Trinajstić information content (AvgIpc) is 2.68. The summed E-state index contributed by atoms with van der Waals surface area (Å²) in [6.45, 7) is 2.09. The number of nitrogens with one attached hydrogen (secondary N) is 1. The first-order valence-electron chi connectivity index (χ1n) is 8.67. The molecule has 3 N–H and O–H groups in total. The Morgan fingerprint density at radius 2 is 1.65 bits per heavy atom. The SMILES string of the molecule is NCC1CCN(C(=O)c2ccc(NS(=O)(=O)c3ccccc3)cc2)CC1. The van der Waals surface area contributed by atoms with Gasteiger partial charge in [0.1, 0.15) is 0 Å². The standard InChI is InChI=1S/C19H23N3O3S/c20-14-15-10-12-22(13-11-15)19(23)16-6-8-17(9-7-16)21-26(24,25)18-4-2-1-3-5-18/h1-9,15,21H,10-14,20H2. The molecule has 2 aromatic carbocycles. The highest BCUT2D eigenvalue weighted by Gasteiger charge is 2.23. The Labute approximate surface area is 154 Å². The Balaban J connectivity index is 1.66. The molecule has 1 aliphatic heterocycles. The van der Waals surface area contributed by atoms with Crippen LogP contribution in [0.1, 0.15) is 23.2 Å². The van der Waals surface area contributed by atoms with Crippen LogP contribution in [0, 0.1) is 5.92 Å². The van der Waals surface area contributed by atoms with E-state index in [1.165, 1.54) is 12.1 Å². The summed E-state index contributed by atoms with van der Waals surface area (Å²) < 4.78 is 27.2. The number of hydrogen-bond donors (Lipinski definition) is 2. The highest BCUT2D eigenvalue weighted by Crippen LogP contribution is 2.20. The zero-order valence-corrected chi connectivity index (χ0v) is 15.3. The molecule has 3 rings (SSSR count). The normalized spacial score (nSPS) is 15.7. The van der Waals surface area contributed by atoms with Crippen LogP contribution in [0.5, 0.6) is 0 Å². The van der Waals surface area contributed by atoms with Gasteiger partial charge in [-0.25, -0.2) is 8.42 Å². The van der Waals surface area contributed by atoms with Gasteiger partial charge in [0.15, 0.2) is 0 Å². The summed E-state index contributed by atoms with van der Waals surface area (Å²) in [7, 11) is -3.63. The van der Waals surface area contributed by atoms with E-state index in [2.05, 4.69) is 4.72 Å². The van der Waals surface area contributed by atoms with E-state index in [0.717, 1.165) is 12.8 Å². The first-order chi connectivity index (χ1) is 12.5. The minimum absolute atomic E-state index is 0.0297. The number of sulfonamides is 1. The number of nitrogens with two attached hydrogens (primary N) is 1. The molecule has 0 aromatic heterocycles. The number of anilines is 1. The molecule has 7 heteroatoms. The molecular weight excluding hydrogens is 350 g/mol. The Morgan fingerprint density at radius 3 is 2.23 bits per heavy atom. The third-order valence-corrected chi connectivity index (χ3v) is 6.07. The van der Waals surface area contributed by atoms with Gasteiger partial charge in [-0.1, -0.05) is 18.2 Å². The van der Waals surface area contributed by atoms with Gasteiger partial charge < -0.3 is 10.6 Å². The molecular formula is C19H23N3O3S. The van der Waals surface area contributed by atoms with Crippen molar-refractivity contribution >= 4 is 21.6 Å². The molecule has 0 saturated carbocycles. The number of rotatable bonds is 5. The van der Waals surface area contributed by atoms with Gasteiger partial charge in [0.2, 0.25) is 0 Å². The fraction of sp³-hybridized carbons (Fsp3) is 0.316. The smallest absolute Gasteiger partial charge is 0.261 e. The second-order valence-electron chi connectivity index (χ2n) is 6.47. The molecule has 1 amide bonds. The van der Waals surface area contributed by atoms with Crippen molar-refractivity contribution in [2.45, 2.75) is 17.7 Å². The van der Waals surface area contributed by atoms with E-state index in [9.17, 15) is 13.2 Å². The highest BCUT2D eigenvalue weighted by atomic mass is 32.2. The third kappa shape index (κ3) is 4.23. The van der Waals surface area contributed by atoms with Crippen molar-refractivity contribution < 1.29 is 13.2 Å². The monoisotopic (exact) mass is 373 g/mol. The van der Waals surface area contributed by atoms with E-state index in [-0.39, 0.29) is 10.8 Å². The maximum atomic E-state index is 12.6. The number of likely N-dealkylation sites (tertiary alicyclic amines) is 1. The van der Waals surface area contributed by atoms with Crippen molar-refractivity contribution in [3.8, 4) is 0 Å². The van der Waals surface area contributed by atoms with Crippen molar-refractivity contribution in [2.75, 3.05) is 24.4 Å². The largest absolute Gasteiger partial charge is 0.339 e. The highest BCUT2D eigenvalue weighted by molar-refractivity contribution is 7.92. The molecule has 1 saturated heterocycles. The van der Waals surface area contributed by atoms with Crippen LogP contribution in [0.25, 0.3) is 0 Å². The van der Waals surface area contributed by atoms with Gasteiger partial charge in [0.25, 0.3) is 15.9 Å². The zero-order chi connectivity index (χ0) is 18.6. The minimum Gasteiger partial charge on any atom is -0.339 e. The zero-order valence-electron chi connectivity index (χ0n) is 14.5. The Morgan fingerprint density at radius 1 is 1.04 bits per heavy atom. The molecule has 0 unspecified atom stereocenters. The maximum Gasteiger partial charge on any atom is 0.261 e. The van der Waals surface area contributed by atoms with E-state index in [1.54, 1.807) is 42.5 Å². The molecule has 0 aliphatic carbocycles. The quantitative estimate of drug-likeness (QED) is 0.841. The molecule has 2 aromatic rings. The van der Waals surface area contributed by atoms with Gasteiger partial charge in [-0.15, -0.1) is 0 Å². The van der Waals surface area contributed by atoms with Crippen molar-refractivity contribution in [2.24, 2.45) is 11.7 Å². The molecule has 0 bridgehead atoms. The van der Waals surface area contributed by atoms with Crippen molar-refractivity contribution in [1.29, 1.82) is 0 Å². The van der Waals surface area contributed by atoms with Gasteiger partial charge >= 0.3 is 0 Å². The van der Waals surface area contributed by atoms with Crippen LogP contribution >= 0.6 is 0 Å². The van der Waals surface area contributed by atoms with Gasteiger partial charge in [0.05, 0.1) is 4.90 Å². The van der Waals surface area contributed by atoms with E-state index < -0.39 is 10.0 Å². The molecule has 1 heterocycles. The van der Waals surface area contributed by atoms with Crippen molar-refractivity contribution in [3.63, 3.8) is 0 Å². The Bertz CT molecular complexity index is 843. The van der Waals surface area contributed by atoms with Crippen molar-refractivity contribution in [3.05, 3.63) is 60.2 Å². The number of benzene rings is 2. The third-order valence-electron chi connectivity index (χ3n) is 4.67. The predicted octanol–water partition coefficient (Wildman–Crippen LogP) is 2.30. The molecule has 1 fully saturated rings. The second kappa shape index (κ2) is 7.88. The molecule has 1 aliphatic rings. The van der Waals surface area contributed by atoms with Crippen LogP contribution in [0.15, 0.2) is 59.5 Å². The number of amides is 1. The first-order valence-corrected chi connectivity index (χ1v) is 10.1. The Kier molecular flexibility index (Phi) is 5.58.